The molecule has 6 nitrogen and oxygen atoms in total. The van der Waals surface area contributed by atoms with E-state index in [-0.39, 0.29) is 24.8 Å². The molecular formula is C17H27Cl2N5OS. The fourth-order valence-corrected chi connectivity index (χ4v) is 3.71. The molecule has 2 heterocycles. The molecule has 1 aliphatic rings. The molecule has 1 aliphatic carbocycles. The van der Waals surface area contributed by atoms with Crippen LogP contribution in [0.4, 0.5) is 5.82 Å². The topological polar surface area (TPSA) is 86.0 Å². The van der Waals surface area contributed by atoms with Crippen LogP contribution in [0.25, 0.3) is 0 Å². The monoisotopic (exact) mass is 419 g/mol. The number of halogens is 2. The first kappa shape index (κ1) is 23.0. The summed E-state index contributed by atoms with van der Waals surface area (Å²) in [5, 5.41) is 6.71. The highest BCUT2D eigenvalue weighted by molar-refractivity contribution is 7.09. The van der Waals surface area contributed by atoms with Gasteiger partial charge in [-0.15, -0.1) is 36.2 Å². The van der Waals surface area contributed by atoms with E-state index < -0.39 is 0 Å². The first-order valence-electron chi connectivity index (χ1n) is 8.41. The van der Waals surface area contributed by atoms with Crippen LogP contribution in [0.5, 0.6) is 0 Å². The van der Waals surface area contributed by atoms with Gasteiger partial charge in [-0.1, -0.05) is 0 Å². The molecule has 1 saturated carbocycles. The van der Waals surface area contributed by atoms with Crippen LogP contribution in [-0.2, 0) is 17.8 Å². The number of aryl methyl sites for hydroxylation is 2. The molecule has 0 aliphatic heterocycles. The molecule has 3 rings (SSSR count). The number of anilines is 1. The second-order valence-electron chi connectivity index (χ2n) is 6.37. The maximum Gasteiger partial charge on any atom is 0.156 e. The molecular weight excluding hydrogens is 393 g/mol. The molecule has 146 valence electrons. The Bertz CT molecular complexity index is 679. The van der Waals surface area contributed by atoms with E-state index in [2.05, 4.69) is 31.7 Å². The predicted octanol–water partition coefficient (Wildman–Crippen LogP) is 3.48. The molecule has 0 unspecified atom stereocenters. The lowest BCUT2D eigenvalue weighted by Gasteiger charge is -2.32. The van der Waals surface area contributed by atoms with Crippen molar-refractivity contribution in [1.82, 2.24) is 15.0 Å². The van der Waals surface area contributed by atoms with Gasteiger partial charge < -0.3 is 15.8 Å². The predicted molar refractivity (Wildman–Crippen MR) is 111 cm³/mol. The van der Waals surface area contributed by atoms with Crippen LogP contribution < -0.4 is 11.1 Å². The number of nitrogens with two attached hydrogens (primary N) is 1. The van der Waals surface area contributed by atoms with Crippen LogP contribution >= 0.6 is 36.2 Å². The van der Waals surface area contributed by atoms with Crippen LogP contribution in [0, 0.1) is 6.92 Å². The Morgan fingerprint density at radius 3 is 2.65 bits per heavy atom. The summed E-state index contributed by atoms with van der Waals surface area (Å²) in [7, 11) is 1.67. The van der Waals surface area contributed by atoms with E-state index in [1.165, 1.54) is 5.01 Å². The molecule has 0 aromatic carbocycles. The summed E-state index contributed by atoms with van der Waals surface area (Å²) in [6.07, 6.45) is 4.03. The number of hydrogen-bond donors (Lipinski definition) is 2. The van der Waals surface area contributed by atoms with Gasteiger partial charge in [0.2, 0.25) is 0 Å². The third kappa shape index (κ3) is 6.32. The van der Waals surface area contributed by atoms with Crippen molar-refractivity contribution in [3.63, 3.8) is 0 Å². The average Bonchev–Trinajstić information content (AvgIpc) is 2.94. The zero-order valence-corrected chi connectivity index (χ0v) is 17.6. The normalized spacial score (nSPS) is 18.4. The summed E-state index contributed by atoms with van der Waals surface area (Å²) in [5.74, 6) is 2.06. The van der Waals surface area contributed by atoms with Crippen molar-refractivity contribution in [1.29, 1.82) is 0 Å². The van der Waals surface area contributed by atoms with Crippen molar-refractivity contribution < 1.29 is 4.74 Å². The maximum absolute atomic E-state index is 5.91. The molecule has 0 spiro atoms. The van der Waals surface area contributed by atoms with Crippen molar-refractivity contribution in [2.24, 2.45) is 5.73 Å². The van der Waals surface area contributed by atoms with Crippen LogP contribution in [0.15, 0.2) is 11.4 Å². The lowest BCUT2D eigenvalue weighted by atomic mass is 9.78. The van der Waals surface area contributed by atoms with Gasteiger partial charge in [0, 0.05) is 54.9 Å². The highest BCUT2D eigenvalue weighted by Crippen LogP contribution is 2.35. The largest absolute Gasteiger partial charge is 0.377 e. The van der Waals surface area contributed by atoms with Crippen molar-refractivity contribution >= 4 is 42.0 Å². The summed E-state index contributed by atoms with van der Waals surface area (Å²) < 4.78 is 5.19. The molecule has 0 atom stereocenters. The summed E-state index contributed by atoms with van der Waals surface area (Å²) in [5.41, 5.74) is 8.09. The standard InChI is InChI=1S/C17H25N5OS.2ClH/c1-11-10-24-17(20-11)4-3-5-19-15-8-14(12-6-13(18)7-12)21-16(22-15)9-23-2;;/h8,10,12-13H,3-7,9,18H2,1-2H3,(H,19,21,22);2*1H. The van der Waals surface area contributed by atoms with Crippen molar-refractivity contribution in [2.45, 2.75) is 51.2 Å². The number of thiazole rings is 1. The van der Waals surface area contributed by atoms with Crippen LogP contribution in [-0.4, -0.2) is 34.6 Å². The van der Waals surface area contributed by atoms with Crippen molar-refractivity contribution in [2.75, 3.05) is 19.0 Å². The van der Waals surface area contributed by atoms with E-state index >= 15 is 0 Å². The van der Waals surface area contributed by atoms with E-state index in [9.17, 15) is 0 Å². The maximum atomic E-state index is 5.91. The van der Waals surface area contributed by atoms with Crippen molar-refractivity contribution in [3.05, 3.63) is 33.7 Å². The second kappa shape index (κ2) is 11.0. The van der Waals surface area contributed by atoms with Crippen molar-refractivity contribution in [3.8, 4) is 0 Å². The Hall–Kier alpha value is -0.990. The van der Waals surface area contributed by atoms with Crippen LogP contribution in [0.1, 0.15) is 47.4 Å². The quantitative estimate of drug-likeness (QED) is 0.636. The number of nitrogens with one attached hydrogen (secondary N) is 1. The summed E-state index contributed by atoms with van der Waals surface area (Å²) in [6.45, 7) is 3.33. The Kier molecular flexibility index (Phi) is 9.74. The van der Waals surface area contributed by atoms with Gasteiger partial charge in [0.1, 0.15) is 12.4 Å². The van der Waals surface area contributed by atoms with Gasteiger partial charge in [-0.2, -0.15) is 0 Å². The summed E-state index contributed by atoms with van der Waals surface area (Å²) in [6, 6.07) is 2.37. The van der Waals surface area contributed by atoms with Crippen LogP contribution in [0.2, 0.25) is 0 Å². The molecule has 2 aromatic rings. The molecule has 26 heavy (non-hydrogen) atoms. The Morgan fingerprint density at radius 1 is 1.27 bits per heavy atom. The highest BCUT2D eigenvalue weighted by Gasteiger charge is 2.29. The van der Waals surface area contributed by atoms with E-state index in [1.54, 1.807) is 18.4 Å². The van der Waals surface area contributed by atoms with E-state index in [0.29, 0.717) is 18.6 Å². The first-order valence-corrected chi connectivity index (χ1v) is 9.29. The minimum absolute atomic E-state index is 0. The fourth-order valence-electron chi connectivity index (χ4n) is 2.89. The Morgan fingerprint density at radius 2 is 2.04 bits per heavy atom. The van der Waals surface area contributed by atoms with Gasteiger partial charge in [0.15, 0.2) is 5.82 Å². The lowest BCUT2D eigenvalue weighted by molar-refractivity contribution is 0.177. The third-order valence-corrected chi connectivity index (χ3v) is 5.23. The molecule has 0 radical (unpaired) electrons. The van der Waals surface area contributed by atoms with E-state index in [4.69, 9.17) is 10.5 Å². The number of aromatic nitrogens is 3. The SMILES string of the molecule is COCc1nc(NCCCc2nc(C)cs2)cc(C2CC(N)C2)n1.Cl.Cl. The van der Waals surface area contributed by atoms with Gasteiger partial charge in [0.25, 0.3) is 0 Å². The Balaban J connectivity index is 0.00000169. The fraction of sp³-hybridized carbons (Fsp3) is 0.588. The smallest absolute Gasteiger partial charge is 0.156 e. The average molecular weight is 420 g/mol. The number of ether oxygens (including phenoxy) is 1. The number of nitrogens with zero attached hydrogens (tertiary/aromatic N) is 3. The molecule has 0 saturated heterocycles. The van der Waals surface area contributed by atoms with Gasteiger partial charge in [-0.3, -0.25) is 0 Å². The summed E-state index contributed by atoms with van der Waals surface area (Å²) in [4.78, 5) is 13.7. The number of rotatable bonds is 8. The minimum Gasteiger partial charge on any atom is -0.377 e. The molecule has 1 fully saturated rings. The molecule has 2 aromatic heterocycles. The van der Waals surface area contributed by atoms with Gasteiger partial charge >= 0.3 is 0 Å². The van der Waals surface area contributed by atoms with E-state index in [0.717, 1.165) is 55.3 Å². The van der Waals surface area contributed by atoms with Gasteiger partial charge in [-0.05, 0) is 26.2 Å². The number of methoxy groups -OCH3 is 1. The minimum atomic E-state index is 0. The number of hydrogen-bond acceptors (Lipinski definition) is 7. The van der Waals surface area contributed by atoms with E-state index in [1.807, 2.05) is 6.92 Å². The van der Waals surface area contributed by atoms with Gasteiger partial charge in [-0.25, -0.2) is 15.0 Å². The highest BCUT2D eigenvalue weighted by atomic mass is 35.5. The zero-order valence-electron chi connectivity index (χ0n) is 15.1. The molecule has 0 bridgehead atoms. The second-order valence-corrected chi connectivity index (χ2v) is 7.31. The van der Waals surface area contributed by atoms with Crippen LogP contribution in [0.3, 0.4) is 0 Å². The molecule has 0 amide bonds. The molecule has 3 N–H and O–H groups in total. The third-order valence-electron chi connectivity index (χ3n) is 4.20. The Labute approximate surface area is 171 Å². The zero-order chi connectivity index (χ0) is 16.9. The molecule has 9 heteroatoms. The van der Waals surface area contributed by atoms with Gasteiger partial charge in [0.05, 0.1) is 5.01 Å². The lowest BCUT2D eigenvalue weighted by Crippen LogP contribution is -2.35. The first-order chi connectivity index (χ1) is 11.6. The summed E-state index contributed by atoms with van der Waals surface area (Å²) >= 11 is 1.73.